The van der Waals surface area contributed by atoms with Crippen molar-refractivity contribution in [3.63, 3.8) is 0 Å². The van der Waals surface area contributed by atoms with Gasteiger partial charge < -0.3 is 15.2 Å². The van der Waals surface area contributed by atoms with Crippen molar-refractivity contribution < 1.29 is 9.47 Å². The van der Waals surface area contributed by atoms with Crippen LogP contribution in [0.1, 0.15) is 40.0 Å². The first-order chi connectivity index (χ1) is 7.19. The van der Waals surface area contributed by atoms with Gasteiger partial charge in [-0.3, -0.25) is 0 Å². The summed E-state index contributed by atoms with van der Waals surface area (Å²) in [5.41, 5.74) is 5.73. The summed E-state index contributed by atoms with van der Waals surface area (Å²) in [7, 11) is 0. The molecule has 2 atom stereocenters. The zero-order valence-electron chi connectivity index (χ0n) is 10.2. The third-order valence-electron chi connectivity index (χ3n) is 3.30. The van der Waals surface area contributed by atoms with Gasteiger partial charge in [-0.15, -0.1) is 0 Å². The molecular weight excluding hydrogens is 190 g/mol. The maximum atomic E-state index is 5.73. The molecule has 3 nitrogen and oxygen atoms in total. The van der Waals surface area contributed by atoms with Gasteiger partial charge in [0.1, 0.15) is 0 Å². The van der Waals surface area contributed by atoms with E-state index in [1.165, 1.54) is 19.3 Å². The smallest absolute Gasteiger partial charge is 0.160 e. The summed E-state index contributed by atoms with van der Waals surface area (Å²) in [5, 5.41) is 0. The van der Waals surface area contributed by atoms with E-state index < -0.39 is 0 Å². The maximum absolute atomic E-state index is 5.73. The fraction of sp³-hybridized carbons (Fsp3) is 1.00. The molecule has 3 heteroatoms. The average molecular weight is 215 g/mol. The largest absolute Gasteiger partial charge is 0.351 e. The van der Waals surface area contributed by atoms with Gasteiger partial charge in [-0.05, 0) is 12.3 Å². The molecule has 0 aliphatic carbocycles. The molecule has 0 aromatic heterocycles. The van der Waals surface area contributed by atoms with E-state index in [2.05, 4.69) is 20.8 Å². The molecule has 1 aliphatic rings. The standard InChI is InChI=1S/C12H25NO2/c1-4-6-11(9(3)5-2)12-14-7-10(13)8-15-12/h9-12H,4-8,13H2,1-3H3/t9-,10?,11+,12?/m0/s1. The van der Waals surface area contributed by atoms with E-state index in [1.807, 2.05) is 0 Å². The van der Waals surface area contributed by atoms with Crippen molar-refractivity contribution in [1.82, 2.24) is 0 Å². The Morgan fingerprint density at radius 2 is 1.87 bits per heavy atom. The second kappa shape index (κ2) is 6.46. The average Bonchev–Trinajstić information content (AvgIpc) is 2.26. The van der Waals surface area contributed by atoms with Crippen molar-refractivity contribution in [2.75, 3.05) is 13.2 Å². The van der Waals surface area contributed by atoms with E-state index in [4.69, 9.17) is 15.2 Å². The molecule has 0 spiro atoms. The van der Waals surface area contributed by atoms with Crippen LogP contribution >= 0.6 is 0 Å². The van der Waals surface area contributed by atoms with Crippen LogP contribution in [-0.4, -0.2) is 25.5 Å². The topological polar surface area (TPSA) is 44.5 Å². The summed E-state index contributed by atoms with van der Waals surface area (Å²) >= 11 is 0. The molecule has 0 unspecified atom stereocenters. The highest BCUT2D eigenvalue weighted by atomic mass is 16.7. The molecule has 0 amide bonds. The van der Waals surface area contributed by atoms with Crippen molar-refractivity contribution in [2.24, 2.45) is 17.6 Å². The summed E-state index contributed by atoms with van der Waals surface area (Å²) in [6.07, 6.45) is 3.51. The minimum Gasteiger partial charge on any atom is -0.351 e. The molecule has 0 saturated carbocycles. The molecule has 1 saturated heterocycles. The zero-order chi connectivity index (χ0) is 11.3. The first-order valence-corrected chi connectivity index (χ1v) is 6.17. The van der Waals surface area contributed by atoms with E-state index in [0.717, 1.165) is 0 Å². The van der Waals surface area contributed by atoms with Crippen LogP contribution in [0.3, 0.4) is 0 Å². The Labute approximate surface area is 93.3 Å². The normalized spacial score (nSPS) is 31.2. The van der Waals surface area contributed by atoms with Gasteiger partial charge in [0.05, 0.1) is 19.3 Å². The summed E-state index contributed by atoms with van der Waals surface area (Å²) in [4.78, 5) is 0. The van der Waals surface area contributed by atoms with E-state index in [9.17, 15) is 0 Å². The lowest BCUT2D eigenvalue weighted by atomic mass is 9.87. The second-order valence-electron chi connectivity index (χ2n) is 4.63. The Morgan fingerprint density at radius 3 is 2.33 bits per heavy atom. The third-order valence-corrected chi connectivity index (χ3v) is 3.30. The molecule has 1 aliphatic heterocycles. The summed E-state index contributed by atoms with van der Waals surface area (Å²) in [5.74, 6) is 1.18. The highest BCUT2D eigenvalue weighted by molar-refractivity contribution is 4.73. The van der Waals surface area contributed by atoms with Crippen molar-refractivity contribution in [2.45, 2.75) is 52.4 Å². The molecule has 0 radical (unpaired) electrons. The summed E-state index contributed by atoms with van der Waals surface area (Å²) in [6.45, 7) is 8.00. The molecule has 15 heavy (non-hydrogen) atoms. The van der Waals surface area contributed by atoms with E-state index in [-0.39, 0.29) is 12.3 Å². The van der Waals surface area contributed by atoms with Crippen LogP contribution < -0.4 is 5.73 Å². The first-order valence-electron chi connectivity index (χ1n) is 6.17. The van der Waals surface area contributed by atoms with Gasteiger partial charge in [0.2, 0.25) is 0 Å². The van der Waals surface area contributed by atoms with Crippen LogP contribution in [-0.2, 0) is 9.47 Å². The van der Waals surface area contributed by atoms with Crippen molar-refractivity contribution in [3.05, 3.63) is 0 Å². The Bertz CT molecular complexity index is 167. The molecule has 90 valence electrons. The van der Waals surface area contributed by atoms with Gasteiger partial charge in [-0.25, -0.2) is 0 Å². The molecule has 1 rings (SSSR count). The minimum atomic E-state index is -0.0281. The van der Waals surface area contributed by atoms with Gasteiger partial charge in [0.25, 0.3) is 0 Å². The molecule has 1 heterocycles. The molecular formula is C12H25NO2. The Hall–Kier alpha value is -0.120. The number of ether oxygens (including phenoxy) is 2. The van der Waals surface area contributed by atoms with Gasteiger partial charge in [-0.2, -0.15) is 0 Å². The fourth-order valence-electron chi connectivity index (χ4n) is 2.11. The minimum absolute atomic E-state index is 0.0281. The molecule has 0 aromatic carbocycles. The van der Waals surface area contributed by atoms with E-state index >= 15 is 0 Å². The van der Waals surface area contributed by atoms with Crippen LogP contribution in [0.5, 0.6) is 0 Å². The zero-order valence-corrected chi connectivity index (χ0v) is 10.2. The van der Waals surface area contributed by atoms with Crippen LogP contribution in [0.25, 0.3) is 0 Å². The SMILES string of the molecule is CCC[C@@H](C1OCC(N)CO1)[C@@H](C)CC. The number of hydrogen-bond acceptors (Lipinski definition) is 3. The lowest BCUT2D eigenvalue weighted by Gasteiger charge is -2.35. The van der Waals surface area contributed by atoms with Crippen molar-refractivity contribution in [3.8, 4) is 0 Å². The monoisotopic (exact) mass is 215 g/mol. The summed E-state index contributed by atoms with van der Waals surface area (Å²) in [6, 6.07) is 0.0560. The Kier molecular flexibility index (Phi) is 5.58. The number of rotatable bonds is 5. The van der Waals surface area contributed by atoms with Crippen LogP contribution in [0.4, 0.5) is 0 Å². The first kappa shape index (κ1) is 12.9. The quantitative estimate of drug-likeness (QED) is 0.764. The van der Waals surface area contributed by atoms with Gasteiger partial charge in [-0.1, -0.05) is 33.6 Å². The maximum Gasteiger partial charge on any atom is 0.160 e. The third kappa shape index (κ3) is 3.74. The lowest BCUT2D eigenvalue weighted by molar-refractivity contribution is -0.219. The van der Waals surface area contributed by atoms with Gasteiger partial charge >= 0.3 is 0 Å². The van der Waals surface area contributed by atoms with Crippen LogP contribution in [0.2, 0.25) is 0 Å². The predicted molar refractivity (Wildman–Crippen MR) is 61.5 cm³/mol. The predicted octanol–water partition coefficient (Wildman–Crippen LogP) is 2.15. The fourth-order valence-corrected chi connectivity index (χ4v) is 2.11. The lowest BCUT2D eigenvalue weighted by Crippen LogP contribution is -2.45. The van der Waals surface area contributed by atoms with Crippen molar-refractivity contribution >= 4 is 0 Å². The van der Waals surface area contributed by atoms with E-state index in [0.29, 0.717) is 25.0 Å². The molecule has 0 aromatic rings. The van der Waals surface area contributed by atoms with Crippen LogP contribution in [0, 0.1) is 11.8 Å². The molecule has 2 N–H and O–H groups in total. The number of hydrogen-bond donors (Lipinski definition) is 1. The molecule has 0 bridgehead atoms. The second-order valence-corrected chi connectivity index (χ2v) is 4.63. The Balaban J connectivity index is 2.47. The van der Waals surface area contributed by atoms with E-state index in [1.54, 1.807) is 0 Å². The highest BCUT2D eigenvalue weighted by Gasteiger charge is 2.30. The molecule has 1 fully saturated rings. The van der Waals surface area contributed by atoms with Crippen molar-refractivity contribution in [1.29, 1.82) is 0 Å². The number of nitrogens with two attached hydrogens (primary N) is 1. The highest BCUT2D eigenvalue weighted by Crippen LogP contribution is 2.28. The van der Waals surface area contributed by atoms with Gasteiger partial charge in [0, 0.05) is 5.92 Å². The Morgan fingerprint density at radius 1 is 1.27 bits per heavy atom. The summed E-state index contributed by atoms with van der Waals surface area (Å²) < 4.78 is 11.4. The van der Waals surface area contributed by atoms with Crippen LogP contribution in [0.15, 0.2) is 0 Å². The van der Waals surface area contributed by atoms with Gasteiger partial charge in [0.15, 0.2) is 6.29 Å².